The molecule has 4 saturated carbocycles. The van der Waals surface area contributed by atoms with Gasteiger partial charge in [-0.3, -0.25) is 19.2 Å². The van der Waals surface area contributed by atoms with Crippen LogP contribution in [-0.2, 0) is 23.9 Å². The standard InChI is InChI=1S/C41H63NO7/c1-24(2)32-27(44)22-41(34(46)42-20-14-25(43)15-21-42)19-18-39(8)26(33(32)41)10-11-29-38(7)16-13-30(49-31(45)23-36(3,4)35(47)48)37(5,6)28(38)12-17-40(29,39)9/h24-26,28-30,43H,10-23H2,1-9H3,(H,47,48)/t26-,28?,29?,30+,38+,39-,40-,41-/m1/s1. The maximum atomic E-state index is 14.6. The molecule has 0 radical (unpaired) electrons. The van der Waals surface area contributed by atoms with Crippen molar-refractivity contribution in [2.45, 2.75) is 152 Å². The van der Waals surface area contributed by atoms with Crippen LogP contribution in [0.3, 0.4) is 0 Å². The largest absolute Gasteiger partial charge is 0.481 e. The van der Waals surface area contributed by atoms with Gasteiger partial charge in [-0.05, 0) is 129 Å². The van der Waals surface area contributed by atoms with E-state index < -0.39 is 22.8 Å². The number of fused-ring (bicyclic) bond motifs is 7. The Hall–Kier alpha value is -2.22. The van der Waals surface area contributed by atoms with E-state index in [0.717, 1.165) is 50.5 Å². The Morgan fingerprint density at radius 2 is 1.53 bits per heavy atom. The summed E-state index contributed by atoms with van der Waals surface area (Å²) in [5, 5.41) is 19.8. The quantitative estimate of drug-likeness (QED) is 0.281. The summed E-state index contributed by atoms with van der Waals surface area (Å²) in [6.07, 6.45) is 8.26. The van der Waals surface area contributed by atoms with Gasteiger partial charge in [0, 0.05) is 24.9 Å². The molecule has 0 spiro atoms. The summed E-state index contributed by atoms with van der Waals surface area (Å²) >= 11 is 0. The van der Waals surface area contributed by atoms with Gasteiger partial charge < -0.3 is 19.8 Å². The topological polar surface area (TPSA) is 121 Å². The SMILES string of the molecule is CC(C)C1=C2[C@H]3CCC4[C@@]5(C)CC[C@H](OC(=O)CC(C)(C)C(=O)O)C(C)(C)C5CC[C@@]4(C)[C@]3(C)CC[C@@]2(C(=O)N2CCC(O)CC2)CC1=O. The third kappa shape index (κ3) is 5.29. The number of Topliss-reactive ketones (excluding diaryl/α,β-unsaturated/α-hetero) is 1. The van der Waals surface area contributed by atoms with Gasteiger partial charge >= 0.3 is 11.9 Å². The number of hydrogen-bond donors (Lipinski definition) is 2. The summed E-state index contributed by atoms with van der Waals surface area (Å²) < 4.78 is 6.14. The van der Waals surface area contributed by atoms with Gasteiger partial charge in [0.15, 0.2) is 5.78 Å². The molecule has 8 nitrogen and oxygen atoms in total. The van der Waals surface area contributed by atoms with E-state index in [-0.39, 0.29) is 63.8 Å². The van der Waals surface area contributed by atoms with Crippen LogP contribution in [0.4, 0.5) is 0 Å². The number of aliphatic hydroxyl groups is 1. The number of carbonyl (C=O) groups is 4. The molecule has 1 amide bonds. The highest BCUT2D eigenvalue weighted by Gasteiger charge is 2.71. The smallest absolute Gasteiger partial charge is 0.309 e. The van der Waals surface area contributed by atoms with Crippen molar-refractivity contribution in [3.63, 3.8) is 0 Å². The first-order valence-electron chi connectivity index (χ1n) is 19.3. The lowest BCUT2D eigenvalue weighted by atomic mass is 9.33. The third-order valence-electron chi connectivity index (χ3n) is 16.0. The van der Waals surface area contributed by atoms with Crippen molar-refractivity contribution in [2.24, 2.45) is 56.2 Å². The fraction of sp³-hybridized carbons (Fsp3) is 0.854. The predicted octanol–water partition coefficient (Wildman–Crippen LogP) is 7.36. The van der Waals surface area contributed by atoms with Crippen molar-refractivity contribution in [3.05, 3.63) is 11.1 Å². The van der Waals surface area contributed by atoms with Gasteiger partial charge in [-0.1, -0.05) is 48.5 Å². The fourth-order valence-electron chi connectivity index (χ4n) is 13.1. The van der Waals surface area contributed by atoms with Gasteiger partial charge in [0.25, 0.3) is 0 Å². The molecule has 0 aromatic heterocycles. The van der Waals surface area contributed by atoms with Crippen molar-refractivity contribution < 1.29 is 34.1 Å². The number of piperidine rings is 1. The first-order valence-corrected chi connectivity index (χ1v) is 19.3. The van der Waals surface area contributed by atoms with Gasteiger partial charge in [-0.15, -0.1) is 0 Å². The molecule has 0 aromatic carbocycles. The van der Waals surface area contributed by atoms with Gasteiger partial charge in [0.05, 0.1) is 23.4 Å². The number of aliphatic hydroxyl groups excluding tert-OH is 1. The summed E-state index contributed by atoms with van der Waals surface area (Å²) in [5.74, 6) is -0.0411. The normalized spacial score (nSPS) is 40.7. The summed E-state index contributed by atoms with van der Waals surface area (Å²) in [6.45, 7) is 20.6. The summed E-state index contributed by atoms with van der Waals surface area (Å²) in [5.41, 5.74) is -0.0314. The molecule has 1 saturated heterocycles. The zero-order chi connectivity index (χ0) is 36.1. The van der Waals surface area contributed by atoms with Crippen molar-refractivity contribution >= 4 is 23.6 Å². The second kappa shape index (κ2) is 11.9. The van der Waals surface area contributed by atoms with Crippen LogP contribution in [0.1, 0.15) is 139 Å². The molecule has 274 valence electrons. The summed E-state index contributed by atoms with van der Waals surface area (Å²) in [4.78, 5) is 55.3. The van der Waals surface area contributed by atoms with E-state index >= 15 is 0 Å². The molecule has 0 aromatic rings. The number of nitrogens with zero attached hydrogens (tertiary/aromatic N) is 1. The molecule has 2 unspecified atom stereocenters. The molecule has 8 atom stereocenters. The van der Waals surface area contributed by atoms with Crippen LogP contribution < -0.4 is 0 Å². The third-order valence-corrected chi connectivity index (χ3v) is 16.0. The molecular weight excluding hydrogens is 618 g/mol. The number of esters is 1. The number of aliphatic carboxylic acids is 1. The number of ketones is 1. The number of carbonyl (C=O) groups excluding carboxylic acids is 3. The highest BCUT2D eigenvalue weighted by Crippen LogP contribution is 2.77. The van der Waals surface area contributed by atoms with Gasteiger partial charge in [-0.2, -0.15) is 0 Å². The molecule has 49 heavy (non-hydrogen) atoms. The van der Waals surface area contributed by atoms with Crippen molar-refractivity contribution in [1.29, 1.82) is 0 Å². The minimum Gasteiger partial charge on any atom is -0.481 e. The van der Waals surface area contributed by atoms with Crippen LogP contribution in [0, 0.1) is 56.2 Å². The van der Waals surface area contributed by atoms with Crippen molar-refractivity contribution in [2.75, 3.05) is 13.1 Å². The Morgan fingerprint density at radius 1 is 0.878 bits per heavy atom. The molecule has 2 N–H and O–H groups in total. The van der Waals surface area contributed by atoms with E-state index in [2.05, 4.69) is 48.5 Å². The van der Waals surface area contributed by atoms with Crippen LogP contribution in [0.25, 0.3) is 0 Å². The Morgan fingerprint density at radius 3 is 2.14 bits per heavy atom. The van der Waals surface area contributed by atoms with E-state index in [1.54, 1.807) is 13.8 Å². The molecule has 0 bridgehead atoms. The highest BCUT2D eigenvalue weighted by atomic mass is 16.5. The molecule has 1 aliphatic heterocycles. The second-order valence-electron chi connectivity index (χ2n) is 19.5. The second-order valence-corrected chi connectivity index (χ2v) is 19.5. The van der Waals surface area contributed by atoms with Crippen LogP contribution >= 0.6 is 0 Å². The average Bonchev–Trinajstić information content (AvgIpc) is 3.32. The Labute approximate surface area is 294 Å². The van der Waals surface area contributed by atoms with E-state index in [4.69, 9.17) is 4.74 Å². The van der Waals surface area contributed by atoms with Gasteiger partial charge in [0.1, 0.15) is 6.10 Å². The van der Waals surface area contributed by atoms with Crippen molar-refractivity contribution in [1.82, 2.24) is 4.90 Å². The van der Waals surface area contributed by atoms with E-state index in [1.807, 2.05) is 4.90 Å². The summed E-state index contributed by atoms with van der Waals surface area (Å²) in [6, 6.07) is 0. The number of carboxylic acid groups (broad SMARTS) is 1. The highest BCUT2D eigenvalue weighted by molar-refractivity contribution is 6.07. The fourth-order valence-corrected chi connectivity index (χ4v) is 13.1. The number of ether oxygens (including phenoxy) is 1. The number of allylic oxidation sites excluding steroid dienone is 1. The number of hydrogen-bond acceptors (Lipinski definition) is 6. The number of carboxylic acids is 1. The van der Waals surface area contributed by atoms with E-state index in [1.165, 1.54) is 5.57 Å². The molecule has 5 fully saturated rings. The lowest BCUT2D eigenvalue weighted by Gasteiger charge is -2.72. The minimum absolute atomic E-state index is 0.0252. The average molecular weight is 682 g/mol. The first kappa shape index (κ1) is 36.6. The maximum Gasteiger partial charge on any atom is 0.309 e. The number of amides is 1. The monoisotopic (exact) mass is 681 g/mol. The summed E-state index contributed by atoms with van der Waals surface area (Å²) in [7, 11) is 0. The first-order chi connectivity index (χ1) is 22.7. The minimum atomic E-state index is -1.17. The van der Waals surface area contributed by atoms with Gasteiger partial charge in [-0.25, -0.2) is 0 Å². The van der Waals surface area contributed by atoms with Crippen LogP contribution in [-0.4, -0.2) is 64.0 Å². The van der Waals surface area contributed by atoms with Gasteiger partial charge in [0.2, 0.25) is 5.91 Å². The van der Waals surface area contributed by atoms with Crippen LogP contribution in [0.5, 0.6) is 0 Å². The molecular formula is C41H63NO7. The van der Waals surface area contributed by atoms with Crippen molar-refractivity contribution in [3.8, 4) is 0 Å². The van der Waals surface area contributed by atoms with E-state index in [9.17, 15) is 29.4 Å². The molecule has 1 heterocycles. The lowest BCUT2D eigenvalue weighted by Crippen LogP contribution is -2.66. The Kier molecular flexibility index (Phi) is 8.89. The zero-order valence-corrected chi connectivity index (χ0v) is 31.7. The predicted molar refractivity (Wildman–Crippen MR) is 187 cm³/mol. The molecule has 8 heteroatoms. The molecule has 6 rings (SSSR count). The Balaban J connectivity index is 1.30. The van der Waals surface area contributed by atoms with E-state index in [0.29, 0.717) is 50.6 Å². The number of rotatable bonds is 6. The maximum absolute atomic E-state index is 14.6. The molecule has 6 aliphatic rings. The van der Waals surface area contributed by atoms with Crippen LogP contribution in [0.15, 0.2) is 11.1 Å². The Bertz CT molecular complexity index is 1440. The number of likely N-dealkylation sites (tertiary alicyclic amines) is 1. The van der Waals surface area contributed by atoms with Crippen LogP contribution in [0.2, 0.25) is 0 Å². The lowest BCUT2D eigenvalue weighted by molar-refractivity contribution is -0.233. The molecule has 5 aliphatic carbocycles. The zero-order valence-electron chi connectivity index (χ0n) is 31.7.